The van der Waals surface area contributed by atoms with Gasteiger partial charge < -0.3 is 19.3 Å². The number of esters is 1. The molecule has 35 heavy (non-hydrogen) atoms. The first-order chi connectivity index (χ1) is 16.9. The minimum absolute atomic E-state index is 0.222. The van der Waals surface area contributed by atoms with Crippen molar-refractivity contribution in [2.45, 2.75) is 38.2 Å². The van der Waals surface area contributed by atoms with E-state index < -0.39 is 17.3 Å². The highest BCUT2D eigenvalue weighted by Crippen LogP contribution is 2.19. The molecule has 0 radical (unpaired) electrons. The van der Waals surface area contributed by atoms with Gasteiger partial charge in [-0.05, 0) is 47.4 Å². The number of rotatable bonds is 11. The maximum Gasteiger partial charge on any atom is 0.324 e. The number of benzene rings is 3. The van der Waals surface area contributed by atoms with E-state index >= 15 is 0 Å². The summed E-state index contributed by atoms with van der Waals surface area (Å²) in [5.41, 5.74) is 3.29. The average molecular weight is 499 g/mol. The van der Waals surface area contributed by atoms with E-state index in [4.69, 9.17) is 26.2 Å². The molecule has 1 N–H and O–H groups in total. The van der Waals surface area contributed by atoms with Gasteiger partial charge >= 0.3 is 11.9 Å². The molecule has 0 aliphatic heterocycles. The molecule has 1 unspecified atom stereocenters. The van der Waals surface area contributed by atoms with Gasteiger partial charge in [-0.25, -0.2) is 0 Å². The summed E-state index contributed by atoms with van der Waals surface area (Å²) in [6.07, 6.45) is 1.46. The third-order valence-corrected chi connectivity index (χ3v) is 5.26. The Bertz CT molecular complexity index is 1020. The van der Waals surface area contributed by atoms with E-state index in [2.05, 4.69) is 4.74 Å². The van der Waals surface area contributed by atoms with Gasteiger partial charge in [0, 0.05) is 12.8 Å². The first kappa shape index (κ1) is 27.7. The predicted octanol–water partition coefficient (Wildman–Crippen LogP) is 5.69. The van der Waals surface area contributed by atoms with E-state index in [9.17, 15) is 9.59 Å². The molecule has 186 valence electrons. The highest BCUT2D eigenvalue weighted by molar-refractivity contribution is 6.30. The smallest absolute Gasteiger partial charge is 0.324 e. The highest BCUT2D eigenvalue weighted by atomic mass is 35.5. The molecule has 7 heteroatoms. The number of carbonyl (C=O) groups excluding carboxylic acids is 1. The second-order valence-corrected chi connectivity index (χ2v) is 8.13. The molecule has 0 spiro atoms. The lowest BCUT2D eigenvalue weighted by molar-refractivity contribution is -0.140. The van der Waals surface area contributed by atoms with Gasteiger partial charge in [0.2, 0.25) is 0 Å². The van der Waals surface area contributed by atoms with Crippen LogP contribution in [0.1, 0.15) is 30.0 Å². The Morgan fingerprint density at radius 1 is 0.829 bits per heavy atom. The molecule has 6 nitrogen and oxygen atoms in total. The summed E-state index contributed by atoms with van der Waals surface area (Å²) in [6, 6.07) is 25.7. The summed E-state index contributed by atoms with van der Waals surface area (Å²) >= 11 is 6.02. The first-order valence-corrected chi connectivity index (χ1v) is 11.8. The number of halogens is 1. The van der Waals surface area contributed by atoms with Gasteiger partial charge in [-0.2, -0.15) is 0 Å². The summed E-state index contributed by atoms with van der Waals surface area (Å²) < 4.78 is 16.3. The van der Waals surface area contributed by atoms with Crippen LogP contribution in [0.25, 0.3) is 0 Å². The van der Waals surface area contributed by atoms with Crippen LogP contribution in [0.4, 0.5) is 0 Å². The van der Waals surface area contributed by atoms with Gasteiger partial charge in [-0.3, -0.25) is 9.59 Å². The molecule has 0 amide bonds. The number of methoxy groups -OCH3 is 1. The normalized spacial score (nSPS) is 10.9. The Hall–Kier alpha value is -3.51. The molecule has 0 aromatic heterocycles. The summed E-state index contributed by atoms with van der Waals surface area (Å²) in [7, 11) is 1.34. The Balaban J connectivity index is 0.000000784. The van der Waals surface area contributed by atoms with E-state index in [1.165, 1.54) is 7.11 Å². The van der Waals surface area contributed by atoms with Gasteiger partial charge in [0.05, 0.1) is 13.7 Å². The Morgan fingerprint density at radius 3 is 1.91 bits per heavy atom. The van der Waals surface area contributed by atoms with Crippen LogP contribution in [0.5, 0.6) is 11.5 Å². The Labute approximate surface area is 211 Å². The average Bonchev–Trinajstić information content (AvgIpc) is 2.89. The minimum Gasteiger partial charge on any atom is -0.493 e. The fourth-order valence-electron chi connectivity index (χ4n) is 2.92. The lowest BCUT2D eigenvalue weighted by atomic mass is 10.1. The van der Waals surface area contributed by atoms with Gasteiger partial charge in [-0.15, -0.1) is 11.6 Å². The van der Waals surface area contributed by atoms with Gasteiger partial charge in [0.15, 0.2) is 0 Å². The van der Waals surface area contributed by atoms with Crippen LogP contribution in [-0.4, -0.2) is 36.1 Å². The van der Waals surface area contributed by atoms with Crippen molar-refractivity contribution >= 4 is 23.5 Å². The summed E-state index contributed by atoms with van der Waals surface area (Å²) in [4.78, 5) is 20.8. The quantitative estimate of drug-likeness (QED) is 0.270. The van der Waals surface area contributed by atoms with Crippen molar-refractivity contribution in [2.75, 3.05) is 13.7 Å². The topological polar surface area (TPSA) is 82.1 Å². The number of hydrogen-bond donors (Lipinski definition) is 1. The number of ether oxygens (including phenoxy) is 3. The molecule has 0 aliphatic carbocycles. The number of carbonyl (C=O) groups is 2. The molecule has 3 aromatic rings. The lowest BCUT2D eigenvalue weighted by Gasteiger charge is -2.10. The molecule has 3 rings (SSSR count). The maximum absolute atomic E-state index is 11.4. The third kappa shape index (κ3) is 11.0. The molecule has 0 aliphatic rings. The largest absolute Gasteiger partial charge is 0.493 e. The van der Waals surface area contributed by atoms with Crippen LogP contribution < -0.4 is 9.47 Å². The van der Waals surface area contributed by atoms with Crippen molar-refractivity contribution in [3.8, 4) is 11.5 Å². The number of carboxylic acids is 1. The van der Waals surface area contributed by atoms with Gasteiger partial charge in [0.1, 0.15) is 23.5 Å². The predicted molar refractivity (Wildman–Crippen MR) is 136 cm³/mol. The van der Waals surface area contributed by atoms with Crippen LogP contribution >= 0.6 is 11.6 Å². The lowest BCUT2D eigenvalue weighted by Crippen LogP contribution is -2.18. The van der Waals surface area contributed by atoms with Crippen molar-refractivity contribution < 1.29 is 28.9 Å². The molecule has 0 fully saturated rings. The highest BCUT2D eigenvalue weighted by Gasteiger charge is 2.15. The first-order valence-electron chi connectivity index (χ1n) is 11.3. The van der Waals surface area contributed by atoms with Crippen LogP contribution in [0, 0.1) is 0 Å². The zero-order chi connectivity index (χ0) is 25.5. The van der Waals surface area contributed by atoms with Crippen LogP contribution in [0.3, 0.4) is 0 Å². The molecule has 0 saturated carbocycles. The second kappa shape index (κ2) is 15.4. The van der Waals surface area contributed by atoms with Crippen LogP contribution in [-0.2, 0) is 33.8 Å². The zero-order valence-corrected chi connectivity index (χ0v) is 20.7. The number of hydrogen-bond acceptors (Lipinski definition) is 5. The van der Waals surface area contributed by atoms with E-state index in [0.717, 1.165) is 34.6 Å². The Kier molecular flexibility index (Phi) is 12.2. The Morgan fingerprint density at radius 2 is 1.37 bits per heavy atom. The summed E-state index contributed by atoms with van der Waals surface area (Å²) in [6.45, 7) is 2.72. The van der Waals surface area contributed by atoms with E-state index in [1.54, 1.807) is 6.92 Å². The zero-order valence-electron chi connectivity index (χ0n) is 20.0. The standard InChI is InChI=1S/C25H25ClO4.C3H6O2/c1-28-25(27)24(26)17-20-9-7-19(8-10-20)15-16-29-22-11-13-23(14-12-22)30-18-21-5-3-2-4-6-21;1-2-3(4)5/h2-14,24H,15-18H2,1H3;2H2,1H3,(H,4,5). The van der Waals surface area contributed by atoms with E-state index in [0.29, 0.717) is 19.6 Å². The second-order valence-electron chi connectivity index (χ2n) is 7.60. The fraction of sp³-hybridized carbons (Fsp3) is 0.286. The number of aliphatic carboxylic acids is 1. The molecule has 0 saturated heterocycles. The number of alkyl halides is 1. The molecule has 0 heterocycles. The number of carboxylic acid groups (broad SMARTS) is 1. The maximum atomic E-state index is 11.4. The summed E-state index contributed by atoms with van der Waals surface area (Å²) in [5.74, 6) is 0.462. The van der Waals surface area contributed by atoms with Crippen LogP contribution in [0.2, 0.25) is 0 Å². The monoisotopic (exact) mass is 498 g/mol. The minimum atomic E-state index is -0.745. The van der Waals surface area contributed by atoms with E-state index in [-0.39, 0.29) is 6.42 Å². The molecule has 0 bridgehead atoms. The fourth-order valence-corrected chi connectivity index (χ4v) is 3.19. The van der Waals surface area contributed by atoms with Crippen molar-refractivity contribution in [2.24, 2.45) is 0 Å². The van der Waals surface area contributed by atoms with Crippen molar-refractivity contribution in [1.82, 2.24) is 0 Å². The molecular weight excluding hydrogens is 468 g/mol. The summed E-state index contributed by atoms with van der Waals surface area (Å²) in [5, 5.41) is 7.06. The van der Waals surface area contributed by atoms with Crippen LogP contribution in [0.15, 0.2) is 78.9 Å². The van der Waals surface area contributed by atoms with E-state index in [1.807, 2.05) is 78.9 Å². The van der Waals surface area contributed by atoms with Gasteiger partial charge in [-0.1, -0.05) is 61.5 Å². The molecule has 3 aromatic carbocycles. The molecule has 1 atom stereocenters. The molecular formula is C28H31ClO6. The van der Waals surface area contributed by atoms with Gasteiger partial charge in [0.25, 0.3) is 0 Å². The SMILES string of the molecule is CCC(=O)O.COC(=O)C(Cl)Cc1ccc(CCOc2ccc(OCc3ccccc3)cc2)cc1. The van der Waals surface area contributed by atoms with Crippen molar-refractivity contribution in [3.63, 3.8) is 0 Å². The van der Waals surface area contributed by atoms with Crippen molar-refractivity contribution in [3.05, 3.63) is 95.6 Å². The van der Waals surface area contributed by atoms with Crippen molar-refractivity contribution in [1.29, 1.82) is 0 Å². The third-order valence-electron chi connectivity index (χ3n) is 4.93.